The van der Waals surface area contributed by atoms with Crippen molar-refractivity contribution < 1.29 is 23.9 Å². The largest absolute Gasteiger partial charge is 0.466 e. The van der Waals surface area contributed by atoms with Crippen LogP contribution >= 0.6 is 0 Å². The zero-order valence-corrected chi connectivity index (χ0v) is 20.7. The Morgan fingerprint density at radius 3 is 2.35 bits per heavy atom. The summed E-state index contributed by atoms with van der Waals surface area (Å²) in [6.45, 7) is 9.39. The van der Waals surface area contributed by atoms with Gasteiger partial charge in [0.1, 0.15) is 5.60 Å². The predicted molar refractivity (Wildman–Crippen MR) is 128 cm³/mol. The normalized spacial score (nSPS) is 19.8. The number of alkyl carbamates (subject to hydrolysis) is 1. The average molecular weight is 473 g/mol. The fourth-order valence-corrected chi connectivity index (χ4v) is 4.22. The quantitative estimate of drug-likeness (QED) is 0.549. The van der Waals surface area contributed by atoms with E-state index in [9.17, 15) is 14.4 Å². The molecule has 1 saturated heterocycles. The summed E-state index contributed by atoms with van der Waals surface area (Å²) in [5, 5.41) is 8.61. The fourth-order valence-electron chi connectivity index (χ4n) is 4.22. The van der Waals surface area contributed by atoms with Crippen molar-refractivity contribution in [2.45, 2.75) is 64.6 Å². The van der Waals surface area contributed by atoms with Crippen molar-refractivity contribution in [1.29, 1.82) is 0 Å². The highest BCUT2D eigenvalue weighted by Crippen LogP contribution is 2.29. The Morgan fingerprint density at radius 1 is 1.15 bits per heavy atom. The van der Waals surface area contributed by atoms with E-state index >= 15 is 0 Å². The van der Waals surface area contributed by atoms with Crippen LogP contribution in [0.4, 0.5) is 9.59 Å². The van der Waals surface area contributed by atoms with Crippen molar-refractivity contribution in [2.75, 3.05) is 26.7 Å². The lowest BCUT2D eigenvalue weighted by Gasteiger charge is -2.35. The van der Waals surface area contributed by atoms with Crippen molar-refractivity contribution in [1.82, 2.24) is 20.9 Å². The van der Waals surface area contributed by atoms with Crippen molar-refractivity contribution in [3.63, 3.8) is 0 Å². The van der Waals surface area contributed by atoms with Crippen molar-refractivity contribution in [2.24, 2.45) is 0 Å². The van der Waals surface area contributed by atoms with Gasteiger partial charge in [-0.3, -0.25) is 4.90 Å². The number of ether oxygens (including phenoxy) is 2. The molecule has 0 spiro atoms. The number of carbonyl (C=O) groups is 3. The first-order valence-corrected chi connectivity index (χ1v) is 11.8. The lowest BCUT2D eigenvalue weighted by Crippen LogP contribution is -2.50. The number of nitrogens with one attached hydrogen (secondary N) is 3. The Labute approximate surface area is 201 Å². The van der Waals surface area contributed by atoms with Crippen LogP contribution in [0.5, 0.6) is 0 Å². The standard InChI is InChI=1S/C25H36N4O5/c1-6-16-7-9-17(10-8-16)21-20(22(30)33-5)19(27-23(31)28-21)15-29-13-11-18(12-14-29)26-24(32)34-25(2,3)4/h7-10,18,21H,6,11-15H2,1-5H3,(H,26,32)(H2,27,28,31)/t21-/m0/s1. The van der Waals surface area contributed by atoms with Crippen LogP contribution < -0.4 is 16.0 Å². The molecule has 3 amide bonds. The molecule has 0 bridgehead atoms. The maximum absolute atomic E-state index is 12.8. The van der Waals surface area contributed by atoms with E-state index in [1.54, 1.807) is 0 Å². The smallest absolute Gasteiger partial charge is 0.407 e. The molecular weight excluding hydrogens is 436 g/mol. The number of nitrogens with zero attached hydrogens (tertiary/aromatic N) is 1. The van der Waals surface area contributed by atoms with Gasteiger partial charge in [-0.05, 0) is 51.2 Å². The average Bonchev–Trinajstić information content (AvgIpc) is 2.78. The van der Waals surface area contributed by atoms with Gasteiger partial charge in [-0.2, -0.15) is 0 Å². The van der Waals surface area contributed by atoms with Crippen LogP contribution in [0.3, 0.4) is 0 Å². The van der Waals surface area contributed by atoms with Crippen molar-refractivity contribution >= 4 is 18.1 Å². The number of carbonyl (C=O) groups excluding carboxylic acids is 3. The third-order valence-corrected chi connectivity index (χ3v) is 5.97. The number of aryl methyl sites for hydroxylation is 1. The maximum Gasteiger partial charge on any atom is 0.407 e. The van der Waals surface area contributed by atoms with Gasteiger partial charge in [0.25, 0.3) is 0 Å². The van der Waals surface area contributed by atoms with Crippen LogP contribution in [0.1, 0.15) is 57.7 Å². The molecule has 34 heavy (non-hydrogen) atoms. The SMILES string of the molecule is CCc1ccc([C@@H]2NC(=O)NC(CN3CCC(NC(=O)OC(C)(C)C)CC3)=C2C(=O)OC)cc1. The van der Waals surface area contributed by atoms with Crippen LogP contribution in [0.2, 0.25) is 0 Å². The molecule has 0 radical (unpaired) electrons. The third kappa shape index (κ3) is 6.72. The summed E-state index contributed by atoms with van der Waals surface area (Å²) in [5.74, 6) is -0.478. The molecule has 9 heteroatoms. The summed E-state index contributed by atoms with van der Waals surface area (Å²) in [7, 11) is 1.34. The van der Waals surface area contributed by atoms with Gasteiger partial charge >= 0.3 is 18.1 Å². The predicted octanol–water partition coefficient (Wildman–Crippen LogP) is 3.02. The van der Waals surface area contributed by atoms with Gasteiger partial charge in [-0.25, -0.2) is 14.4 Å². The molecule has 0 aromatic heterocycles. The highest BCUT2D eigenvalue weighted by Gasteiger charge is 2.34. The monoisotopic (exact) mass is 472 g/mol. The van der Waals surface area contributed by atoms with E-state index < -0.39 is 23.7 Å². The van der Waals surface area contributed by atoms with E-state index in [1.165, 1.54) is 12.7 Å². The highest BCUT2D eigenvalue weighted by atomic mass is 16.6. The zero-order chi connectivity index (χ0) is 24.9. The Hall–Kier alpha value is -3.07. The minimum Gasteiger partial charge on any atom is -0.466 e. The first-order chi connectivity index (χ1) is 16.1. The Kier molecular flexibility index (Phi) is 8.19. The summed E-state index contributed by atoms with van der Waals surface area (Å²) in [6.07, 6.45) is 1.98. The van der Waals surface area contributed by atoms with E-state index in [-0.39, 0.29) is 12.1 Å². The molecular formula is C25H36N4O5. The number of rotatable bonds is 6. The topological polar surface area (TPSA) is 109 Å². The molecule has 0 saturated carbocycles. The molecule has 0 unspecified atom stereocenters. The number of amides is 3. The van der Waals surface area contributed by atoms with Crippen LogP contribution in [0.15, 0.2) is 35.5 Å². The number of urea groups is 1. The van der Waals surface area contributed by atoms with Gasteiger partial charge in [0.05, 0.1) is 18.7 Å². The van der Waals surface area contributed by atoms with E-state index in [2.05, 4.69) is 27.8 Å². The van der Waals surface area contributed by atoms with Crippen molar-refractivity contribution in [3.8, 4) is 0 Å². The molecule has 186 valence electrons. The number of hydrogen-bond acceptors (Lipinski definition) is 6. The molecule has 1 aromatic rings. The van der Waals surface area contributed by atoms with Crippen LogP contribution in [0.25, 0.3) is 0 Å². The molecule has 3 N–H and O–H groups in total. The first-order valence-electron chi connectivity index (χ1n) is 11.8. The summed E-state index contributed by atoms with van der Waals surface area (Å²) >= 11 is 0. The third-order valence-electron chi connectivity index (χ3n) is 5.97. The zero-order valence-electron chi connectivity index (χ0n) is 20.7. The van der Waals surface area contributed by atoms with E-state index in [4.69, 9.17) is 9.47 Å². The van der Waals surface area contributed by atoms with E-state index in [0.717, 1.165) is 24.8 Å². The molecule has 1 aromatic carbocycles. The molecule has 9 nitrogen and oxygen atoms in total. The Balaban J connectivity index is 1.72. The molecule has 2 heterocycles. The number of hydrogen-bond donors (Lipinski definition) is 3. The summed E-state index contributed by atoms with van der Waals surface area (Å²) in [5.41, 5.74) is 2.40. The molecule has 1 fully saturated rings. The lowest BCUT2D eigenvalue weighted by atomic mass is 9.93. The second kappa shape index (κ2) is 10.9. The number of likely N-dealkylation sites (tertiary alicyclic amines) is 1. The Bertz CT molecular complexity index is 928. The van der Waals surface area contributed by atoms with Crippen molar-refractivity contribution in [3.05, 3.63) is 46.7 Å². The minimum atomic E-state index is -0.589. The molecule has 1 atom stereocenters. The van der Waals surface area contributed by atoms with E-state index in [1.807, 2.05) is 45.0 Å². The first kappa shape index (κ1) is 25.6. The highest BCUT2D eigenvalue weighted by molar-refractivity contribution is 5.95. The maximum atomic E-state index is 12.8. The van der Waals surface area contributed by atoms with Gasteiger partial charge in [-0.1, -0.05) is 31.2 Å². The van der Waals surface area contributed by atoms with E-state index in [0.29, 0.717) is 30.9 Å². The van der Waals surface area contributed by atoms with Crippen LogP contribution in [0, 0.1) is 0 Å². The minimum absolute atomic E-state index is 0.0209. The van der Waals surface area contributed by atoms with Gasteiger partial charge in [0.15, 0.2) is 0 Å². The molecule has 2 aliphatic rings. The lowest BCUT2D eigenvalue weighted by molar-refractivity contribution is -0.136. The second-order valence-electron chi connectivity index (χ2n) is 9.71. The fraction of sp³-hybridized carbons (Fsp3) is 0.560. The van der Waals surface area contributed by atoms with Gasteiger partial charge in [0.2, 0.25) is 0 Å². The summed E-state index contributed by atoms with van der Waals surface area (Å²) in [6, 6.07) is 6.95. The number of piperidine rings is 1. The van der Waals surface area contributed by atoms with Crippen LogP contribution in [-0.2, 0) is 20.7 Å². The number of methoxy groups -OCH3 is 1. The molecule has 3 rings (SSSR count). The molecule has 2 aliphatic heterocycles. The van der Waals surface area contributed by atoms with Gasteiger partial charge < -0.3 is 25.4 Å². The van der Waals surface area contributed by atoms with Gasteiger partial charge in [0, 0.05) is 31.4 Å². The van der Waals surface area contributed by atoms with Gasteiger partial charge in [-0.15, -0.1) is 0 Å². The summed E-state index contributed by atoms with van der Waals surface area (Å²) < 4.78 is 10.4. The number of esters is 1. The number of benzene rings is 1. The molecule has 0 aliphatic carbocycles. The Morgan fingerprint density at radius 2 is 1.79 bits per heavy atom. The van der Waals surface area contributed by atoms with Crippen LogP contribution in [-0.4, -0.2) is 61.4 Å². The summed E-state index contributed by atoms with van der Waals surface area (Å²) in [4.78, 5) is 39.5. The second-order valence-corrected chi connectivity index (χ2v) is 9.71.